The van der Waals surface area contributed by atoms with Crippen molar-refractivity contribution in [2.24, 2.45) is 5.92 Å². The van der Waals surface area contributed by atoms with Gasteiger partial charge in [0.2, 0.25) is 5.88 Å². The Bertz CT molecular complexity index is 874. The number of nitrogens with zero attached hydrogens (tertiary/aromatic N) is 3. The number of aromatic nitrogens is 2. The quantitative estimate of drug-likeness (QED) is 0.529. The van der Waals surface area contributed by atoms with E-state index < -0.39 is 19.3 Å². The van der Waals surface area contributed by atoms with Crippen LogP contribution in [-0.2, 0) is 4.74 Å². The van der Waals surface area contributed by atoms with Crippen LogP contribution < -0.4 is 9.47 Å². The molecule has 3 aliphatic rings. The number of rotatable bonds is 7. The van der Waals surface area contributed by atoms with E-state index in [0.717, 1.165) is 12.8 Å². The summed E-state index contributed by atoms with van der Waals surface area (Å²) >= 11 is 6.06. The average Bonchev–Trinajstić information content (AvgIpc) is 2.75. The lowest BCUT2D eigenvalue weighted by atomic mass is 9.69. The average molecular weight is 436 g/mol. The van der Waals surface area contributed by atoms with Crippen LogP contribution in [0.25, 0.3) is 11.3 Å². The summed E-state index contributed by atoms with van der Waals surface area (Å²) in [6.07, 6.45) is -0.175. The minimum atomic E-state index is -1.18. The molecule has 7 nitrogen and oxygen atoms in total. The molecule has 0 radical (unpaired) electrons. The van der Waals surface area contributed by atoms with Gasteiger partial charge in [0, 0.05) is 35.7 Å². The molecule has 3 heterocycles. The van der Waals surface area contributed by atoms with Crippen molar-refractivity contribution in [3.8, 4) is 22.9 Å². The van der Waals surface area contributed by atoms with E-state index in [0.29, 0.717) is 28.6 Å². The second-order valence-corrected chi connectivity index (χ2v) is 8.14. The van der Waals surface area contributed by atoms with Gasteiger partial charge >= 0.3 is 7.05 Å². The highest BCUT2D eigenvalue weighted by atomic mass is 35.5. The Labute approximate surface area is 180 Å². The van der Waals surface area contributed by atoms with Crippen LogP contribution >= 0.6 is 11.6 Å². The van der Waals surface area contributed by atoms with Crippen molar-refractivity contribution in [2.45, 2.75) is 38.0 Å². The zero-order chi connectivity index (χ0) is 21.3. The highest BCUT2D eigenvalue weighted by molar-refractivity contribution is 6.45. The zero-order valence-electron chi connectivity index (χ0n) is 16.9. The van der Waals surface area contributed by atoms with Crippen LogP contribution in [0.15, 0.2) is 30.3 Å². The molecule has 10 heteroatoms. The van der Waals surface area contributed by atoms with Crippen LogP contribution in [0.4, 0.5) is 4.39 Å². The molecule has 2 unspecified atom stereocenters. The number of hydrogen-bond acceptors (Lipinski definition) is 7. The lowest BCUT2D eigenvalue weighted by Gasteiger charge is -2.51. The van der Waals surface area contributed by atoms with Crippen molar-refractivity contribution < 1.29 is 23.6 Å². The van der Waals surface area contributed by atoms with Crippen molar-refractivity contribution in [3.63, 3.8) is 0 Å². The molecule has 1 N–H and O–H groups in total. The van der Waals surface area contributed by atoms with Crippen LogP contribution in [0.5, 0.6) is 11.6 Å². The summed E-state index contributed by atoms with van der Waals surface area (Å²) < 4.78 is 31.5. The first-order valence-corrected chi connectivity index (χ1v) is 10.4. The van der Waals surface area contributed by atoms with Crippen molar-refractivity contribution in [1.29, 1.82) is 0 Å². The first-order valence-electron chi connectivity index (χ1n) is 9.98. The molecule has 1 aliphatic carbocycles. The number of piperidine rings is 2. The monoisotopic (exact) mass is 435 g/mol. The number of fused-ring (bicyclic) bond motifs is 3. The maximum atomic E-state index is 15.0. The van der Waals surface area contributed by atoms with Gasteiger partial charge in [0.25, 0.3) is 0 Å². The van der Waals surface area contributed by atoms with Gasteiger partial charge in [-0.05, 0) is 50.5 Å². The lowest BCUT2D eigenvalue weighted by Crippen LogP contribution is -2.65. The molecule has 0 spiro atoms. The van der Waals surface area contributed by atoms with Gasteiger partial charge in [-0.3, -0.25) is 0 Å². The minimum Gasteiger partial charge on any atom is -0.470 e. The van der Waals surface area contributed by atoms with Gasteiger partial charge in [-0.15, -0.1) is 10.2 Å². The van der Waals surface area contributed by atoms with E-state index in [-0.39, 0.29) is 24.6 Å². The van der Waals surface area contributed by atoms with Crippen LogP contribution in [0, 0.1) is 5.92 Å². The minimum absolute atomic E-state index is 0.00592. The van der Waals surface area contributed by atoms with E-state index in [2.05, 4.69) is 10.2 Å². The van der Waals surface area contributed by atoms with E-state index in [1.54, 1.807) is 37.2 Å². The largest absolute Gasteiger partial charge is 0.470 e. The highest BCUT2D eigenvalue weighted by Gasteiger charge is 2.51. The molecule has 5 rings (SSSR count). The predicted octanol–water partition coefficient (Wildman–Crippen LogP) is 3.07. The van der Waals surface area contributed by atoms with Crippen LogP contribution in [0.2, 0.25) is 11.8 Å². The Kier molecular flexibility index (Phi) is 6.43. The van der Waals surface area contributed by atoms with Gasteiger partial charge in [-0.25, -0.2) is 4.39 Å². The molecular formula is C20H24BClFN3O4. The van der Waals surface area contributed by atoms with Crippen LogP contribution in [-0.4, -0.2) is 65.8 Å². The summed E-state index contributed by atoms with van der Waals surface area (Å²) in [6, 6.07) is 8.31. The Balaban J connectivity index is 1.49. The standard InChI is InChI=1S/C20H24BClFN3O4/c1-21(27)26-10-12-3-7-16(26)19(23)20(12)30-18-8-6-15(24-25-18)14-5-4-13(22)9-17(14)29-11-28-2/h4-6,8-9,12,16,19-20,27H,3,7,10-11H2,1-2H3/t12?,16?,19-,20+/m0/s1. The SMILES string of the molecule is COCOc1cc(Cl)ccc1-c1ccc(O[C@@H]2C3CCC([C@@H]2F)N(B(C)O)C3)nn1. The molecule has 4 atom stereocenters. The number of halogens is 2. The summed E-state index contributed by atoms with van der Waals surface area (Å²) in [5.74, 6) is 0.807. The summed E-state index contributed by atoms with van der Waals surface area (Å²) in [6.45, 7) is 2.37. The molecule has 2 aliphatic heterocycles. The summed E-state index contributed by atoms with van der Waals surface area (Å²) in [5, 5.41) is 18.8. The molecule has 3 fully saturated rings. The normalized spacial score (nSPS) is 25.9. The molecule has 1 aromatic heterocycles. The highest BCUT2D eigenvalue weighted by Crippen LogP contribution is 2.39. The fourth-order valence-electron chi connectivity index (χ4n) is 4.34. The smallest absolute Gasteiger partial charge is 0.376 e. The number of hydrogen-bond donors (Lipinski definition) is 1. The van der Waals surface area contributed by atoms with Gasteiger partial charge < -0.3 is 24.0 Å². The van der Waals surface area contributed by atoms with Crippen molar-refractivity contribution in [1.82, 2.24) is 15.0 Å². The first-order chi connectivity index (χ1) is 14.5. The molecule has 2 saturated heterocycles. The van der Waals surface area contributed by atoms with E-state index in [9.17, 15) is 5.02 Å². The zero-order valence-corrected chi connectivity index (χ0v) is 17.6. The van der Waals surface area contributed by atoms with Crippen molar-refractivity contribution >= 4 is 18.7 Å². The molecule has 2 aromatic rings. The molecule has 2 bridgehead atoms. The number of alkyl halides is 1. The Morgan fingerprint density at radius 3 is 2.77 bits per heavy atom. The predicted molar refractivity (Wildman–Crippen MR) is 111 cm³/mol. The third-order valence-electron chi connectivity index (χ3n) is 5.78. The summed E-state index contributed by atoms with van der Waals surface area (Å²) in [7, 11) is 0.872. The Hall–Kier alpha value is -1.94. The molecule has 30 heavy (non-hydrogen) atoms. The fourth-order valence-corrected chi connectivity index (χ4v) is 4.51. The molecule has 160 valence electrons. The second-order valence-electron chi connectivity index (χ2n) is 7.71. The third-order valence-corrected chi connectivity index (χ3v) is 6.01. The van der Waals surface area contributed by atoms with Gasteiger partial charge in [0.05, 0.1) is 5.69 Å². The third kappa shape index (κ3) is 4.25. The maximum absolute atomic E-state index is 15.0. The Morgan fingerprint density at radius 1 is 1.27 bits per heavy atom. The summed E-state index contributed by atoms with van der Waals surface area (Å²) in [4.78, 5) is 1.82. The van der Waals surface area contributed by atoms with Crippen molar-refractivity contribution in [3.05, 3.63) is 35.4 Å². The van der Waals surface area contributed by atoms with E-state index in [4.69, 9.17) is 25.8 Å². The molecular weight excluding hydrogens is 412 g/mol. The van der Waals surface area contributed by atoms with E-state index in [1.807, 2.05) is 4.81 Å². The van der Waals surface area contributed by atoms with Gasteiger partial charge in [-0.2, -0.15) is 0 Å². The van der Waals surface area contributed by atoms with Crippen LogP contribution in [0.1, 0.15) is 12.8 Å². The number of ether oxygens (including phenoxy) is 3. The summed E-state index contributed by atoms with van der Waals surface area (Å²) in [5.41, 5.74) is 1.29. The second kappa shape index (κ2) is 9.05. The molecule has 1 aromatic carbocycles. The molecule has 1 saturated carbocycles. The maximum Gasteiger partial charge on any atom is 0.376 e. The van der Waals surface area contributed by atoms with Gasteiger partial charge in [0.15, 0.2) is 13.0 Å². The fraction of sp³-hybridized carbons (Fsp3) is 0.500. The first kappa shape index (κ1) is 21.3. The lowest BCUT2D eigenvalue weighted by molar-refractivity contribution is -0.0749. The number of benzene rings is 1. The van der Waals surface area contributed by atoms with E-state index >= 15 is 4.39 Å². The van der Waals surface area contributed by atoms with Gasteiger partial charge in [-0.1, -0.05) is 11.6 Å². The van der Waals surface area contributed by atoms with Crippen LogP contribution in [0.3, 0.4) is 0 Å². The topological polar surface area (TPSA) is 76.9 Å². The van der Waals surface area contributed by atoms with Gasteiger partial charge in [0.1, 0.15) is 11.9 Å². The number of methoxy groups -OCH3 is 1. The molecule has 0 amide bonds. The Morgan fingerprint density at radius 2 is 2.10 bits per heavy atom. The van der Waals surface area contributed by atoms with Crippen molar-refractivity contribution in [2.75, 3.05) is 20.4 Å². The van der Waals surface area contributed by atoms with E-state index in [1.165, 1.54) is 7.11 Å².